The number of unbranched alkanes of at least 4 members (excludes halogenated alkanes) is 2. The summed E-state index contributed by atoms with van der Waals surface area (Å²) < 4.78 is 72.7. The van der Waals surface area contributed by atoms with Gasteiger partial charge in [-0.3, -0.25) is 0 Å². The van der Waals surface area contributed by atoms with Gasteiger partial charge in [0.1, 0.15) is 0 Å². The second-order valence-corrected chi connectivity index (χ2v) is 8.64. The Kier molecular flexibility index (Phi) is 6.01. The number of hydrogen-bond acceptors (Lipinski definition) is 5. The smallest absolute Gasteiger partial charge is 0.395 e. The van der Waals surface area contributed by atoms with Crippen LogP contribution in [0, 0.1) is 12.3 Å². The number of piperidine rings is 1. The number of likely N-dealkylation sites (tertiary alicyclic amines) is 1. The van der Waals surface area contributed by atoms with E-state index in [2.05, 4.69) is 29.8 Å². The molecule has 184 valence electrons. The average Bonchev–Trinajstić information content (AvgIpc) is 3.29. The fourth-order valence-electron chi connectivity index (χ4n) is 4.64. The summed E-state index contributed by atoms with van der Waals surface area (Å²) in [6.07, 6.45) is 2.08. The van der Waals surface area contributed by atoms with E-state index < -0.39 is 12.6 Å². The summed E-state index contributed by atoms with van der Waals surface area (Å²) in [5.41, 5.74) is 3.09. The maximum atomic E-state index is 13.6. The topological polar surface area (TPSA) is 40.2 Å². The van der Waals surface area contributed by atoms with Crippen molar-refractivity contribution in [2.75, 3.05) is 19.6 Å². The van der Waals surface area contributed by atoms with Gasteiger partial charge in [-0.15, -0.1) is 29.9 Å². The first-order valence-corrected chi connectivity index (χ1v) is 11.4. The molecule has 0 aromatic heterocycles. The lowest BCUT2D eigenvalue weighted by Gasteiger charge is -2.30. The molecule has 3 aliphatic heterocycles. The Morgan fingerprint density at radius 1 is 0.800 bits per heavy atom. The third-order valence-corrected chi connectivity index (χ3v) is 6.24. The van der Waals surface area contributed by atoms with Gasteiger partial charge in [0.2, 0.25) is 0 Å². The Labute approximate surface area is 200 Å². The first kappa shape index (κ1) is 23.4. The molecule has 0 saturated carbocycles. The minimum atomic E-state index is -3.73. The number of hydrogen-bond donors (Lipinski definition) is 0. The minimum Gasteiger partial charge on any atom is -0.395 e. The number of nitrogens with zero attached hydrogens (tertiary/aromatic N) is 1. The fraction of sp³-hybridized carbons (Fsp3) is 0.385. The average molecular weight is 489 g/mol. The van der Waals surface area contributed by atoms with Gasteiger partial charge in [0.15, 0.2) is 23.0 Å². The van der Waals surface area contributed by atoms with Crippen LogP contribution in [0.3, 0.4) is 0 Å². The number of rotatable bonds is 6. The number of halogens is 4. The summed E-state index contributed by atoms with van der Waals surface area (Å²) in [5, 5.41) is 0. The summed E-state index contributed by atoms with van der Waals surface area (Å²) in [5.74, 6) is 2.37. The van der Waals surface area contributed by atoms with Crippen molar-refractivity contribution < 1.29 is 36.5 Å². The molecule has 1 saturated heterocycles. The summed E-state index contributed by atoms with van der Waals surface area (Å²) in [4.78, 5) is 2.36. The monoisotopic (exact) mass is 489 g/mol. The van der Waals surface area contributed by atoms with Crippen LogP contribution in [0.15, 0.2) is 42.0 Å². The molecular formula is C26H23F4NO4. The Morgan fingerprint density at radius 3 is 1.83 bits per heavy atom. The molecule has 3 aliphatic rings. The van der Waals surface area contributed by atoms with E-state index in [9.17, 15) is 17.6 Å². The Bertz CT molecular complexity index is 1120. The van der Waals surface area contributed by atoms with Crippen molar-refractivity contribution in [2.24, 2.45) is 0 Å². The van der Waals surface area contributed by atoms with Gasteiger partial charge in [0, 0.05) is 19.5 Å². The van der Waals surface area contributed by atoms with E-state index in [1.807, 2.05) is 0 Å². The molecule has 5 rings (SSSR count). The largest absolute Gasteiger partial charge is 0.586 e. The highest BCUT2D eigenvalue weighted by Gasteiger charge is 2.44. The van der Waals surface area contributed by atoms with Crippen LogP contribution in [-0.2, 0) is 0 Å². The van der Waals surface area contributed by atoms with Crippen LogP contribution in [-0.4, -0.2) is 37.1 Å². The van der Waals surface area contributed by atoms with Gasteiger partial charge >= 0.3 is 12.6 Å². The maximum absolute atomic E-state index is 13.6. The standard InChI is InChI=1S/C26H23F4NO4/c1-2-3-4-5-12-31-13-10-17(11-14-31)24(18-6-8-20-22(15-18)34-25(27,28)32-20)19-7-9-21-23(16-19)35-26(29,30)33-21/h1,6-9,15-16H,3-5,10-14H2. The van der Waals surface area contributed by atoms with Crippen LogP contribution >= 0.6 is 0 Å². The second-order valence-electron chi connectivity index (χ2n) is 8.64. The molecule has 35 heavy (non-hydrogen) atoms. The molecule has 2 aromatic rings. The highest BCUT2D eigenvalue weighted by Crippen LogP contribution is 2.46. The van der Waals surface area contributed by atoms with Gasteiger partial charge in [-0.2, -0.15) is 0 Å². The quantitative estimate of drug-likeness (QED) is 0.282. The van der Waals surface area contributed by atoms with Gasteiger partial charge in [-0.25, -0.2) is 0 Å². The zero-order valence-corrected chi connectivity index (χ0v) is 18.8. The molecule has 0 unspecified atom stereocenters. The predicted molar refractivity (Wildman–Crippen MR) is 120 cm³/mol. The van der Waals surface area contributed by atoms with E-state index in [1.165, 1.54) is 24.3 Å². The Hall–Kier alpha value is -3.38. The van der Waals surface area contributed by atoms with Gasteiger partial charge in [0.05, 0.1) is 0 Å². The van der Waals surface area contributed by atoms with Gasteiger partial charge in [-0.05, 0) is 73.2 Å². The second kappa shape index (κ2) is 9.00. The molecule has 0 radical (unpaired) electrons. The third-order valence-electron chi connectivity index (χ3n) is 6.24. The lowest BCUT2D eigenvalue weighted by Crippen LogP contribution is -2.32. The van der Waals surface area contributed by atoms with Crippen LogP contribution in [0.25, 0.3) is 5.57 Å². The van der Waals surface area contributed by atoms with Crippen molar-refractivity contribution in [2.45, 2.75) is 44.7 Å². The molecule has 0 aliphatic carbocycles. The zero-order valence-electron chi connectivity index (χ0n) is 18.8. The maximum Gasteiger partial charge on any atom is 0.586 e. The summed E-state index contributed by atoms with van der Waals surface area (Å²) in [7, 11) is 0. The Morgan fingerprint density at radius 2 is 1.31 bits per heavy atom. The van der Waals surface area contributed by atoms with Gasteiger partial charge in [-0.1, -0.05) is 17.7 Å². The summed E-state index contributed by atoms with van der Waals surface area (Å²) in [6, 6.07) is 9.16. The molecule has 1 fully saturated rings. The zero-order chi connectivity index (χ0) is 24.6. The van der Waals surface area contributed by atoms with Crippen LogP contribution in [0.5, 0.6) is 23.0 Å². The minimum absolute atomic E-state index is 0.0600. The summed E-state index contributed by atoms with van der Waals surface area (Å²) >= 11 is 0. The Balaban J connectivity index is 1.46. The molecule has 0 spiro atoms. The van der Waals surface area contributed by atoms with Crippen molar-refractivity contribution in [3.63, 3.8) is 0 Å². The van der Waals surface area contributed by atoms with Crippen LogP contribution < -0.4 is 18.9 Å². The number of benzene rings is 2. The summed E-state index contributed by atoms with van der Waals surface area (Å²) in [6.45, 7) is 2.59. The van der Waals surface area contributed by atoms with E-state index in [0.717, 1.165) is 62.9 Å². The number of terminal acetylenes is 1. The molecule has 2 aromatic carbocycles. The first-order chi connectivity index (χ1) is 16.7. The molecular weight excluding hydrogens is 466 g/mol. The van der Waals surface area contributed by atoms with E-state index >= 15 is 0 Å². The first-order valence-electron chi connectivity index (χ1n) is 11.4. The van der Waals surface area contributed by atoms with E-state index in [-0.39, 0.29) is 23.0 Å². The van der Waals surface area contributed by atoms with Crippen LogP contribution in [0.1, 0.15) is 43.2 Å². The molecule has 0 atom stereocenters. The van der Waals surface area contributed by atoms with Crippen molar-refractivity contribution in [1.29, 1.82) is 0 Å². The molecule has 0 bridgehead atoms. The molecule has 9 heteroatoms. The third kappa shape index (κ3) is 5.03. The van der Waals surface area contributed by atoms with E-state index in [0.29, 0.717) is 11.1 Å². The van der Waals surface area contributed by atoms with Crippen molar-refractivity contribution in [3.8, 4) is 35.3 Å². The van der Waals surface area contributed by atoms with Crippen LogP contribution in [0.2, 0.25) is 0 Å². The van der Waals surface area contributed by atoms with Crippen molar-refractivity contribution >= 4 is 5.57 Å². The van der Waals surface area contributed by atoms with Crippen molar-refractivity contribution in [1.82, 2.24) is 4.90 Å². The fourth-order valence-corrected chi connectivity index (χ4v) is 4.64. The highest BCUT2D eigenvalue weighted by molar-refractivity contribution is 5.84. The molecule has 3 heterocycles. The molecule has 5 nitrogen and oxygen atoms in total. The highest BCUT2D eigenvalue weighted by atomic mass is 19.3. The van der Waals surface area contributed by atoms with E-state index in [1.54, 1.807) is 12.1 Å². The van der Waals surface area contributed by atoms with Gasteiger partial charge < -0.3 is 23.8 Å². The molecule has 0 N–H and O–H groups in total. The lowest BCUT2D eigenvalue weighted by molar-refractivity contribution is -0.287. The number of fused-ring (bicyclic) bond motifs is 2. The molecule has 0 amide bonds. The number of ether oxygens (including phenoxy) is 4. The van der Waals surface area contributed by atoms with Crippen molar-refractivity contribution in [3.05, 3.63) is 53.1 Å². The number of alkyl halides is 4. The lowest BCUT2D eigenvalue weighted by atomic mass is 9.88. The SMILES string of the molecule is C#CCCCCN1CCC(=C(c2ccc3c(c2)OC(F)(F)O3)c2ccc3c(c2)OC(F)(F)O3)CC1. The van der Waals surface area contributed by atoms with Crippen LogP contribution in [0.4, 0.5) is 17.6 Å². The predicted octanol–water partition coefficient (Wildman–Crippen LogP) is 6.03. The normalized spacial score (nSPS) is 19.5. The van der Waals surface area contributed by atoms with E-state index in [4.69, 9.17) is 6.42 Å². The van der Waals surface area contributed by atoms with Gasteiger partial charge in [0.25, 0.3) is 0 Å².